The Kier molecular flexibility index (Phi) is 4.89. The molecule has 7 heteroatoms. The van der Waals surface area contributed by atoms with Crippen LogP contribution in [-0.4, -0.2) is 46.0 Å². The number of halogens is 3. The van der Waals surface area contributed by atoms with Crippen molar-refractivity contribution in [1.82, 2.24) is 9.80 Å². The van der Waals surface area contributed by atoms with E-state index in [0.29, 0.717) is 18.6 Å². The highest BCUT2D eigenvalue weighted by atomic mass is 19.4. The number of rotatable bonds is 5. The van der Waals surface area contributed by atoms with Gasteiger partial charge in [0.15, 0.2) is 0 Å². The van der Waals surface area contributed by atoms with Gasteiger partial charge in [-0.2, -0.15) is 13.2 Å². The highest BCUT2D eigenvalue weighted by Crippen LogP contribution is 2.34. The molecule has 2 fully saturated rings. The first-order chi connectivity index (χ1) is 13.3. The topological polar surface area (TPSA) is 43.8 Å². The van der Waals surface area contributed by atoms with Gasteiger partial charge in [0.05, 0.1) is 11.1 Å². The fourth-order valence-corrected chi connectivity index (χ4v) is 4.24. The largest absolute Gasteiger partial charge is 0.478 e. The minimum Gasteiger partial charge on any atom is -0.478 e. The lowest BCUT2D eigenvalue weighted by Crippen LogP contribution is -2.45. The molecule has 2 aromatic carbocycles. The van der Waals surface area contributed by atoms with Crippen molar-refractivity contribution in [1.29, 1.82) is 0 Å². The minimum atomic E-state index is -4.30. The van der Waals surface area contributed by atoms with Crippen LogP contribution in [0.3, 0.4) is 0 Å². The molecule has 0 aliphatic carbocycles. The molecule has 2 aliphatic rings. The van der Waals surface area contributed by atoms with E-state index in [2.05, 4.69) is 9.80 Å². The van der Waals surface area contributed by atoms with Gasteiger partial charge in [-0.1, -0.05) is 24.3 Å². The first-order valence-corrected chi connectivity index (χ1v) is 9.26. The number of hydrogen-bond acceptors (Lipinski definition) is 3. The zero-order chi connectivity index (χ0) is 19.9. The number of carboxylic acids is 1. The Morgan fingerprint density at radius 1 is 0.893 bits per heavy atom. The summed E-state index contributed by atoms with van der Waals surface area (Å²) in [5.41, 5.74) is 1.66. The van der Waals surface area contributed by atoms with Gasteiger partial charge < -0.3 is 5.11 Å². The van der Waals surface area contributed by atoms with E-state index in [9.17, 15) is 18.0 Å². The SMILES string of the molecule is O=C(O)c1ccc(CN2C[C@@H]3C[C@H]2CN3Cc2ccc(C(F)(F)F)cc2)cc1. The monoisotopic (exact) mass is 390 g/mol. The molecule has 0 amide bonds. The number of carboxylic acid groups (broad SMARTS) is 1. The molecule has 2 atom stereocenters. The Morgan fingerprint density at radius 2 is 1.36 bits per heavy atom. The highest BCUT2D eigenvalue weighted by Gasteiger charge is 2.42. The summed E-state index contributed by atoms with van der Waals surface area (Å²) in [6, 6.07) is 13.2. The van der Waals surface area contributed by atoms with E-state index in [1.165, 1.54) is 0 Å². The van der Waals surface area contributed by atoms with Crippen LogP contribution in [0.25, 0.3) is 0 Å². The van der Waals surface area contributed by atoms with Gasteiger partial charge in [-0.25, -0.2) is 4.79 Å². The van der Waals surface area contributed by atoms with E-state index in [0.717, 1.165) is 49.3 Å². The lowest BCUT2D eigenvalue weighted by molar-refractivity contribution is -0.137. The van der Waals surface area contributed by atoms with Crippen LogP contribution in [0, 0.1) is 0 Å². The maximum Gasteiger partial charge on any atom is 0.416 e. The molecular formula is C21H21F3N2O2. The lowest BCUT2D eigenvalue weighted by Gasteiger charge is -2.34. The number of likely N-dealkylation sites (tertiary alicyclic amines) is 2. The van der Waals surface area contributed by atoms with Crippen LogP contribution in [0.1, 0.15) is 33.5 Å². The Bertz CT molecular complexity index is 849. The summed E-state index contributed by atoms with van der Waals surface area (Å²) in [7, 11) is 0. The van der Waals surface area contributed by atoms with Crippen molar-refractivity contribution in [3.8, 4) is 0 Å². The van der Waals surface area contributed by atoms with E-state index in [4.69, 9.17) is 5.11 Å². The van der Waals surface area contributed by atoms with Crippen molar-refractivity contribution in [2.75, 3.05) is 13.1 Å². The first kappa shape index (κ1) is 19.0. The zero-order valence-electron chi connectivity index (χ0n) is 15.2. The molecule has 148 valence electrons. The number of hydrogen-bond donors (Lipinski definition) is 1. The van der Waals surface area contributed by atoms with Crippen LogP contribution < -0.4 is 0 Å². The van der Waals surface area contributed by atoms with E-state index >= 15 is 0 Å². The molecule has 1 N–H and O–H groups in total. The molecule has 2 aliphatic heterocycles. The van der Waals surface area contributed by atoms with Crippen molar-refractivity contribution in [3.05, 3.63) is 70.8 Å². The maximum absolute atomic E-state index is 12.7. The number of carbonyl (C=O) groups is 1. The van der Waals surface area contributed by atoms with Gasteiger partial charge in [0.2, 0.25) is 0 Å². The average Bonchev–Trinajstić information content (AvgIpc) is 3.22. The number of benzene rings is 2. The quantitative estimate of drug-likeness (QED) is 0.842. The summed E-state index contributed by atoms with van der Waals surface area (Å²) in [6.45, 7) is 3.28. The van der Waals surface area contributed by atoms with E-state index in [-0.39, 0.29) is 5.56 Å². The molecule has 0 unspecified atom stereocenters. The molecule has 2 aromatic rings. The Morgan fingerprint density at radius 3 is 1.75 bits per heavy atom. The van der Waals surface area contributed by atoms with Gasteiger partial charge in [-0.05, 0) is 41.8 Å². The van der Waals surface area contributed by atoms with Gasteiger partial charge in [0.25, 0.3) is 0 Å². The van der Waals surface area contributed by atoms with Gasteiger partial charge in [0.1, 0.15) is 0 Å². The molecule has 0 saturated carbocycles. The van der Waals surface area contributed by atoms with Crippen molar-refractivity contribution in [3.63, 3.8) is 0 Å². The Labute approximate surface area is 161 Å². The van der Waals surface area contributed by atoms with Crippen LogP contribution >= 0.6 is 0 Å². The second-order valence-corrected chi connectivity index (χ2v) is 7.60. The van der Waals surface area contributed by atoms with Crippen LogP contribution in [0.2, 0.25) is 0 Å². The molecular weight excluding hydrogens is 369 g/mol. The van der Waals surface area contributed by atoms with Gasteiger partial charge >= 0.3 is 12.1 Å². The van der Waals surface area contributed by atoms with Crippen LogP contribution in [0.15, 0.2) is 48.5 Å². The predicted molar refractivity (Wildman–Crippen MR) is 97.9 cm³/mol. The van der Waals surface area contributed by atoms with Gasteiger partial charge in [-0.15, -0.1) is 0 Å². The van der Waals surface area contributed by atoms with Gasteiger partial charge in [0, 0.05) is 38.3 Å². The number of alkyl halides is 3. The van der Waals surface area contributed by atoms with Gasteiger partial charge in [-0.3, -0.25) is 9.80 Å². The molecule has 4 rings (SSSR count). The van der Waals surface area contributed by atoms with Crippen LogP contribution in [-0.2, 0) is 19.3 Å². The van der Waals surface area contributed by atoms with E-state index in [1.807, 2.05) is 12.1 Å². The summed E-state index contributed by atoms with van der Waals surface area (Å²) < 4.78 is 38.1. The number of piperazine rings is 1. The van der Waals surface area contributed by atoms with Crippen molar-refractivity contribution < 1.29 is 23.1 Å². The van der Waals surface area contributed by atoms with Crippen LogP contribution in [0.5, 0.6) is 0 Å². The molecule has 0 spiro atoms. The summed E-state index contributed by atoms with van der Waals surface area (Å²) in [4.78, 5) is 15.7. The molecule has 2 saturated heterocycles. The average molecular weight is 390 g/mol. The summed E-state index contributed by atoms with van der Waals surface area (Å²) in [5.74, 6) is -0.925. The molecule has 2 bridgehead atoms. The van der Waals surface area contributed by atoms with Crippen molar-refractivity contribution in [2.45, 2.75) is 37.8 Å². The fourth-order valence-electron chi connectivity index (χ4n) is 4.24. The predicted octanol–water partition coefficient (Wildman–Crippen LogP) is 3.86. The van der Waals surface area contributed by atoms with E-state index in [1.54, 1.807) is 24.3 Å². The molecule has 4 nitrogen and oxygen atoms in total. The Hall–Kier alpha value is -2.38. The fraction of sp³-hybridized carbons (Fsp3) is 0.381. The summed E-state index contributed by atoms with van der Waals surface area (Å²) in [6.07, 6.45) is -3.23. The first-order valence-electron chi connectivity index (χ1n) is 9.26. The van der Waals surface area contributed by atoms with Crippen molar-refractivity contribution in [2.24, 2.45) is 0 Å². The molecule has 0 aromatic heterocycles. The molecule has 28 heavy (non-hydrogen) atoms. The second-order valence-electron chi connectivity index (χ2n) is 7.60. The normalized spacial score (nSPS) is 22.7. The van der Waals surface area contributed by atoms with Crippen LogP contribution in [0.4, 0.5) is 13.2 Å². The summed E-state index contributed by atoms with van der Waals surface area (Å²) >= 11 is 0. The minimum absolute atomic E-state index is 0.286. The lowest BCUT2D eigenvalue weighted by atomic mass is 10.1. The number of fused-ring (bicyclic) bond motifs is 2. The third kappa shape index (κ3) is 3.91. The molecule has 2 heterocycles. The smallest absolute Gasteiger partial charge is 0.416 e. The zero-order valence-corrected chi connectivity index (χ0v) is 15.2. The third-order valence-electron chi connectivity index (χ3n) is 5.72. The number of aromatic carboxylic acids is 1. The maximum atomic E-state index is 12.7. The number of nitrogens with zero attached hydrogens (tertiary/aromatic N) is 2. The Balaban J connectivity index is 1.33. The van der Waals surface area contributed by atoms with Crippen molar-refractivity contribution >= 4 is 5.97 Å². The molecule has 0 radical (unpaired) electrons. The highest BCUT2D eigenvalue weighted by molar-refractivity contribution is 5.87. The second kappa shape index (κ2) is 7.22. The third-order valence-corrected chi connectivity index (χ3v) is 5.72. The summed E-state index contributed by atoms with van der Waals surface area (Å²) in [5, 5.41) is 8.98. The van der Waals surface area contributed by atoms with E-state index < -0.39 is 17.7 Å². The standard InChI is InChI=1S/C21H21F3N2O2/c22-21(23,24)17-7-3-15(4-8-17)11-26-13-18-9-19(26)12-25(18)10-14-1-5-16(6-2-14)20(27)28/h1-8,18-19H,9-13H2,(H,27,28)/t18-,19-/m0/s1.